The van der Waals surface area contributed by atoms with E-state index in [0.29, 0.717) is 18.7 Å². The molecule has 0 radical (unpaired) electrons. The molecule has 1 atom stereocenters. The molecule has 0 bridgehead atoms. The quantitative estimate of drug-likeness (QED) is 0.923. The van der Waals surface area contributed by atoms with Crippen LogP contribution in [0, 0.1) is 0 Å². The third kappa shape index (κ3) is 3.41. The molecule has 1 aromatic carbocycles. The first-order valence-corrected chi connectivity index (χ1v) is 6.16. The second kappa shape index (κ2) is 5.70. The van der Waals surface area contributed by atoms with Crippen LogP contribution in [-0.4, -0.2) is 36.4 Å². The van der Waals surface area contributed by atoms with Gasteiger partial charge in [-0.3, -0.25) is 4.79 Å². The number of aliphatic hydroxyl groups excluding tert-OH is 1. The molecule has 1 aromatic rings. The third-order valence-corrected chi connectivity index (χ3v) is 2.99. The van der Waals surface area contributed by atoms with Gasteiger partial charge < -0.3 is 14.7 Å². The SMILES string of the molecule is O=C1CCCN1c1cccc(OC[C@H](O)C(F)(F)F)c1. The van der Waals surface area contributed by atoms with E-state index in [1.165, 1.54) is 12.1 Å². The lowest BCUT2D eigenvalue weighted by Gasteiger charge is -2.18. The van der Waals surface area contributed by atoms with Crippen LogP contribution in [-0.2, 0) is 4.79 Å². The van der Waals surface area contributed by atoms with Crippen molar-refractivity contribution in [3.63, 3.8) is 0 Å². The van der Waals surface area contributed by atoms with E-state index in [1.54, 1.807) is 17.0 Å². The van der Waals surface area contributed by atoms with Gasteiger partial charge in [0.05, 0.1) is 0 Å². The number of carbonyl (C=O) groups is 1. The maximum Gasteiger partial charge on any atom is 0.417 e. The lowest BCUT2D eigenvalue weighted by molar-refractivity contribution is -0.210. The van der Waals surface area contributed by atoms with Crippen LogP contribution in [0.4, 0.5) is 18.9 Å². The molecular weight excluding hydrogens is 275 g/mol. The second-order valence-electron chi connectivity index (χ2n) is 4.51. The van der Waals surface area contributed by atoms with E-state index >= 15 is 0 Å². The van der Waals surface area contributed by atoms with E-state index in [9.17, 15) is 18.0 Å². The van der Waals surface area contributed by atoms with Crippen LogP contribution in [0.1, 0.15) is 12.8 Å². The average molecular weight is 289 g/mol. The second-order valence-corrected chi connectivity index (χ2v) is 4.51. The van der Waals surface area contributed by atoms with Gasteiger partial charge in [0.15, 0.2) is 6.10 Å². The molecule has 1 aliphatic rings. The van der Waals surface area contributed by atoms with Crippen LogP contribution < -0.4 is 9.64 Å². The number of hydrogen-bond donors (Lipinski definition) is 1. The van der Waals surface area contributed by atoms with Gasteiger partial charge in [0.1, 0.15) is 12.4 Å². The Morgan fingerprint density at radius 2 is 2.15 bits per heavy atom. The Morgan fingerprint density at radius 1 is 1.40 bits per heavy atom. The van der Waals surface area contributed by atoms with Crippen LogP contribution in [0.2, 0.25) is 0 Å². The van der Waals surface area contributed by atoms with E-state index < -0.39 is 18.9 Å². The lowest BCUT2D eigenvalue weighted by Crippen LogP contribution is -2.34. The largest absolute Gasteiger partial charge is 0.490 e. The fraction of sp³-hybridized carbons (Fsp3) is 0.462. The number of ether oxygens (including phenoxy) is 1. The fourth-order valence-electron chi connectivity index (χ4n) is 1.93. The number of halogens is 3. The van der Waals surface area contributed by atoms with Gasteiger partial charge in [-0.1, -0.05) is 6.07 Å². The Balaban J connectivity index is 2.01. The number of alkyl halides is 3. The highest BCUT2D eigenvalue weighted by Gasteiger charge is 2.38. The zero-order valence-electron chi connectivity index (χ0n) is 10.6. The van der Waals surface area contributed by atoms with Gasteiger partial charge in [0.25, 0.3) is 0 Å². The Morgan fingerprint density at radius 3 is 2.75 bits per heavy atom. The normalized spacial score (nSPS) is 17.4. The van der Waals surface area contributed by atoms with Crippen molar-refractivity contribution in [2.45, 2.75) is 25.1 Å². The van der Waals surface area contributed by atoms with Gasteiger partial charge >= 0.3 is 6.18 Å². The topological polar surface area (TPSA) is 49.8 Å². The summed E-state index contributed by atoms with van der Waals surface area (Å²) in [6.45, 7) is -0.283. The predicted octanol–water partition coefficient (Wildman–Crippen LogP) is 2.12. The number of rotatable bonds is 4. The van der Waals surface area contributed by atoms with Crippen LogP contribution in [0.5, 0.6) is 5.75 Å². The Bertz CT molecular complexity index is 490. The lowest BCUT2D eigenvalue weighted by atomic mass is 10.2. The van der Waals surface area contributed by atoms with E-state index in [2.05, 4.69) is 0 Å². The van der Waals surface area contributed by atoms with Crippen LogP contribution in [0.3, 0.4) is 0 Å². The van der Waals surface area contributed by atoms with E-state index in [4.69, 9.17) is 9.84 Å². The Kier molecular flexibility index (Phi) is 4.17. The average Bonchev–Trinajstić information content (AvgIpc) is 2.81. The molecule has 1 aliphatic heterocycles. The van der Waals surface area contributed by atoms with Gasteiger partial charge in [-0.15, -0.1) is 0 Å². The Labute approximate surface area is 113 Å². The van der Waals surface area contributed by atoms with Crippen LogP contribution in [0.25, 0.3) is 0 Å². The molecule has 0 spiro atoms. The van der Waals surface area contributed by atoms with Crippen molar-refractivity contribution < 1.29 is 27.8 Å². The zero-order chi connectivity index (χ0) is 14.8. The van der Waals surface area contributed by atoms with Crippen molar-refractivity contribution in [3.8, 4) is 5.75 Å². The number of anilines is 1. The maximum absolute atomic E-state index is 12.1. The van der Waals surface area contributed by atoms with E-state index in [-0.39, 0.29) is 11.7 Å². The molecule has 2 rings (SSSR count). The molecular formula is C13H14F3NO3. The highest BCUT2D eigenvalue weighted by molar-refractivity contribution is 5.95. The van der Waals surface area contributed by atoms with Crippen molar-refractivity contribution in [2.75, 3.05) is 18.1 Å². The van der Waals surface area contributed by atoms with E-state index in [0.717, 1.165) is 6.42 Å². The summed E-state index contributed by atoms with van der Waals surface area (Å²) in [5.41, 5.74) is 0.589. The maximum atomic E-state index is 12.1. The highest BCUT2D eigenvalue weighted by Crippen LogP contribution is 2.26. The third-order valence-electron chi connectivity index (χ3n) is 2.99. The molecule has 1 N–H and O–H groups in total. The summed E-state index contributed by atoms with van der Waals surface area (Å²) in [5.74, 6) is 0.169. The molecule has 0 aliphatic carbocycles. The molecule has 4 nitrogen and oxygen atoms in total. The number of hydrogen-bond acceptors (Lipinski definition) is 3. The summed E-state index contributed by atoms with van der Waals surface area (Å²) >= 11 is 0. The molecule has 0 unspecified atom stereocenters. The van der Waals surface area contributed by atoms with Crippen LogP contribution >= 0.6 is 0 Å². The fourth-order valence-corrected chi connectivity index (χ4v) is 1.93. The number of nitrogens with zero attached hydrogens (tertiary/aromatic N) is 1. The molecule has 1 heterocycles. The number of benzene rings is 1. The van der Waals surface area contributed by atoms with Crippen molar-refractivity contribution in [1.29, 1.82) is 0 Å². The van der Waals surface area contributed by atoms with Gasteiger partial charge in [0.2, 0.25) is 5.91 Å². The summed E-state index contributed by atoms with van der Waals surface area (Å²) in [4.78, 5) is 13.1. The van der Waals surface area contributed by atoms with Gasteiger partial charge in [0, 0.05) is 24.7 Å². The summed E-state index contributed by atoms with van der Waals surface area (Å²) in [6.07, 6.45) is -6.00. The Hall–Kier alpha value is -1.76. The molecule has 1 saturated heterocycles. The van der Waals surface area contributed by atoms with Crippen molar-refractivity contribution in [3.05, 3.63) is 24.3 Å². The molecule has 0 saturated carbocycles. The number of carbonyl (C=O) groups excluding carboxylic acids is 1. The van der Waals surface area contributed by atoms with Gasteiger partial charge in [-0.25, -0.2) is 0 Å². The van der Waals surface area contributed by atoms with Crippen LogP contribution in [0.15, 0.2) is 24.3 Å². The first kappa shape index (κ1) is 14.6. The summed E-state index contributed by atoms with van der Waals surface area (Å²) in [5, 5.41) is 8.86. The molecule has 1 amide bonds. The smallest absolute Gasteiger partial charge is 0.417 e. The van der Waals surface area contributed by atoms with E-state index in [1.807, 2.05) is 0 Å². The summed E-state index contributed by atoms with van der Waals surface area (Å²) in [6, 6.07) is 6.26. The molecule has 1 fully saturated rings. The number of aliphatic hydroxyl groups is 1. The van der Waals surface area contributed by atoms with Crippen molar-refractivity contribution in [1.82, 2.24) is 0 Å². The van der Waals surface area contributed by atoms with Crippen molar-refractivity contribution in [2.24, 2.45) is 0 Å². The zero-order valence-corrected chi connectivity index (χ0v) is 10.6. The minimum absolute atomic E-state index is 0.0162. The molecule has 0 aromatic heterocycles. The van der Waals surface area contributed by atoms with Crippen molar-refractivity contribution >= 4 is 11.6 Å². The monoisotopic (exact) mass is 289 g/mol. The first-order chi connectivity index (χ1) is 9.38. The standard InChI is InChI=1S/C13H14F3NO3/c14-13(15,16)11(18)8-20-10-4-1-3-9(7-10)17-6-2-5-12(17)19/h1,3-4,7,11,18H,2,5-6,8H2/t11-/m0/s1. The van der Waals surface area contributed by atoms with Gasteiger partial charge in [-0.2, -0.15) is 13.2 Å². The first-order valence-electron chi connectivity index (χ1n) is 6.16. The molecule has 7 heteroatoms. The minimum atomic E-state index is -4.71. The minimum Gasteiger partial charge on any atom is -0.490 e. The summed E-state index contributed by atoms with van der Waals surface area (Å²) in [7, 11) is 0. The predicted molar refractivity (Wildman–Crippen MR) is 65.6 cm³/mol. The molecule has 110 valence electrons. The van der Waals surface area contributed by atoms with Gasteiger partial charge in [-0.05, 0) is 18.6 Å². The summed E-state index contributed by atoms with van der Waals surface area (Å²) < 4.78 is 41.4. The number of amides is 1. The molecule has 20 heavy (non-hydrogen) atoms. The highest BCUT2D eigenvalue weighted by atomic mass is 19.4.